The number of hydrogen-bond donors (Lipinski definition) is 1. The van der Waals surface area contributed by atoms with Crippen molar-refractivity contribution in [3.63, 3.8) is 0 Å². The SMILES string of the molecule is O=C1NCCN1c1ccc(N2C(=O)CCC2=O)cc1. The van der Waals surface area contributed by atoms with E-state index in [2.05, 4.69) is 5.32 Å². The standard InChI is InChI=1S/C13H13N3O3/c17-11-5-6-12(18)16(11)10-3-1-9(2-4-10)15-8-7-14-13(15)19/h1-4H,5-8H2,(H,14,19). The summed E-state index contributed by atoms with van der Waals surface area (Å²) in [4.78, 5) is 37.6. The number of carbonyl (C=O) groups excluding carboxylic acids is 3. The molecule has 0 bridgehead atoms. The Bertz CT molecular complexity index is 537. The highest BCUT2D eigenvalue weighted by Gasteiger charge is 2.30. The summed E-state index contributed by atoms with van der Waals surface area (Å²) in [7, 11) is 0. The van der Waals surface area contributed by atoms with Gasteiger partial charge >= 0.3 is 6.03 Å². The first kappa shape index (κ1) is 11.7. The molecule has 0 spiro atoms. The molecule has 0 unspecified atom stereocenters. The number of benzene rings is 1. The number of imide groups is 1. The van der Waals surface area contributed by atoms with E-state index in [0.717, 1.165) is 5.69 Å². The monoisotopic (exact) mass is 259 g/mol. The van der Waals surface area contributed by atoms with Gasteiger partial charge in [-0.15, -0.1) is 0 Å². The topological polar surface area (TPSA) is 69.7 Å². The third-order valence-corrected chi connectivity index (χ3v) is 3.33. The number of rotatable bonds is 2. The Morgan fingerprint density at radius 2 is 1.47 bits per heavy atom. The van der Waals surface area contributed by atoms with Crippen LogP contribution in [-0.2, 0) is 9.59 Å². The second-order valence-electron chi connectivity index (χ2n) is 4.52. The first-order chi connectivity index (χ1) is 9.16. The molecule has 0 aliphatic carbocycles. The Kier molecular flexibility index (Phi) is 2.70. The van der Waals surface area contributed by atoms with Crippen LogP contribution in [0.25, 0.3) is 0 Å². The number of amides is 4. The van der Waals surface area contributed by atoms with Crippen LogP contribution < -0.4 is 15.1 Å². The molecule has 2 aliphatic rings. The Morgan fingerprint density at radius 1 is 0.895 bits per heavy atom. The van der Waals surface area contributed by atoms with Crippen molar-refractivity contribution in [3.05, 3.63) is 24.3 Å². The lowest BCUT2D eigenvalue weighted by molar-refractivity contribution is -0.121. The van der Waals surface area contributed by atoms with Gasteiger partial charge in [0.1, 0.15) is 0 Å². The molecule has 2 heterocycles. The average Bonchev–Trinajstić information content (AvgIpc) is 2.97. The average molecular weight is 259 g/mol. The summed E-state index contributed by atoms with van der Waals surface area (Å²) in [5.74, 6) is -0.340. The van der Waals surface area contributed by atoms with Crippen molar-refractivity contribution in [1.29, 1.82) is 0 Å². The third-order valence-electron chi connectivity index (χ3n) is 3.33. The van der Waals surface area contributed by atoms with Gasteiger partial charge in [0.25, 0.3) is 0 Å². The zero-order valence-electron chi connectivity index (χ0n) is 10.3. The number of anilines is 2. The molecular formula is C13H13N3O3. The molecule has 1 N–H and O–H groups in total. The van der Waals surface area contributed by atoms with Crippen LogP contribution in [0.4, 0.5) is 16.2 Å². The third kappa shape index (κ3) is 1.95. The van der Waals surface area contributed by atoms with Gasteiger partial charge in [0.15, 0.2) is 0 Å². The number of hydrogen-bond acceptors (Lipinski definition) is 3. The summed E-state index contributed by atoms with van der Waals surface area (Å²) in [6, 6.07) is 6.77. The van der Waals surface area contributed by atoms with Gasteiger partial charge in [-0.05, 0) is 24.3 Å². The summed E-state index contributed by atoms with van der Waals surface area (Å²) in [5.41, 5.74) is 1.33. The fourth-order valence-electron chi connectivity index (χ4n) is 2.36. The van der Waals surface area contributed by atoms with Gasteiger partial charge in [-0.25, -0.2) is 4.79 Å². The van der Waals surface area contributed by atoms with E-state index in [4.69, 9.17) is 0 Å². The Balaban J connectivity index is 1.85. The van der Waals surface area contributed by atoms with Gasteiger partial charge in [0.05, 0.1) is 5.69 Å². The van der Waals surface area contributed by atoms with Crippen molar-refractivity contribution in [3.8, 4) is 0 Å². The second-order valence-corrected chi connectivity index (χ2v) is 4.52. The molecule has 0 aromatic heterocycles. The minimum atomic E-state index is -0.170. The maximum absolute atomic E-state index is 11.6. The van der Waals surface area contributed by atoms with Crippen LogP contribution in [0.15, 0.2) is 24.3 Å². The van der Waals surface area contributed by atoms with Crippen LogP contribution in [0.2, 0.25) is 0 Å². The first-order valence-electron chi connectivity index (χ1n) is 6.18. The maximum atomic E-state index is 11.6. The second kappa shape index (κ2) is 4.38. The van der Waals surface area contributed by atoms with E-state index in [-0.39, 0.29) is 30.7 Å². The molecule has 19 heavy (non-hydrogen) atoms. The lowest BCUT2D eigenvalue weighted by Crippen LogP contribution is -2.29. The van der Waals surface area contributed by atoms with Gasteiger partial charge in [-0.1, -0.05) is 0 Å². The smallest absolute Gasteiger partial charge is 0.321 e. The molecule has 0 radical (unpaired) electrons. The van der Waals surface area contributed by atoms with Crippen molar-refractivity contribution in [2.45, 2.75) is 12.8 Å². The summed E-state index contributed by atoms with van der Waals surface area (Å²) in [6.07, 6.45) is 0.546. The Hall–Kier alpha value is -2.37. The number of nitrogens with one attached hydrogen (secondary N) is 1. The predicted octanol–water partition coefficient (Wildman–Crippen LogP) is 0.870. The van der Waals surface area contributed by atoms with Crippen LogP contribution in [-0.4, -0.2) is 30.9 Å². The van der Waals surface area contributed by atoms with Crippen molar-refractivity contribution in [2.75, 3.05) is 22.9 Å². The summed E-state index contributed by atoms with van der Waals surface area (Å²) in [6.45, 7) is 1.25. The molecule has 98 valence electrons. The van der Waals surface area contributed by atoms with E-state index in [0.29, 0.717) is 18.8 Å². The Labute approximate surface area is 110 Å². The lowest BCUT2D eigenvalue weighted by atomic mass is 10.2. The van der Waals surface area contributed by atoms with Crippen molar-refractivity contribution >= 4 is 29.2 Å². The van der Waals surface area contributed by atoms with Gasteiger partial charge in [0.2, 0.25) is 11.8 Å². The molecule has 6 heteroatoms. The zero-order valence-corrected chi connectivity index (χ0v) is 10.3. The molecule has 2 saturated heterocycles. The fraction of sp³-hybridized carbons (Fsp3) is 0.308. The maximum Gasteiger partial charge on any atom is 0.321 e. The summed E-state index contributed by atoms with van der Waals surface area (Å²) < 4.78 is 0. The first-order valence-corrected chi connectivity index (χ1v) is 6.18. The minimum Gasteiger partial charge on any atom is -0.336 e. The normalized spacial score (nSPS) is 19.3. The number of urea groups is 1. The molecule has 6 nitrogen and oxygen atoms in total. The van der Waals surface area contributed by atoms with E-state index in [9.17, 15) is 14.4 Å². The fourth-order valence-corrected chi connectivity index (χ4v) is 2.36. The highest BCUT2D eigenvalue weighted by Crippen LogP contribution is 2.25. The summed E-state index contributed by atoms with van der Waals surface area (Å²) in [5, 5.41) is 2.72. The highest BCUT2D eigenvalue weighted by atomic mass is 16.2. The Morgan fingerprint density at radius 3 is 2.00 bits per heavy atom. The molecular weight excluding hydrogens is 246 g/mol. The molecule has 0 atom stereocenters. The largest absolute Gasteiger partial charge is 0.336 e. The van der Waals surface area contributed by atoms with Crippen molar-refractivity contribution in [2.24, 2.45) is 0 Å². The van der Waals surface area contributed by atoms with Gasteiger partial charge < -0.3 is 5.32 Å². The van der Waals surface area contributed by atoms with Crippen LogP contribution in [0, 0.1) is 0 Å². The van der Waals surface area contributed by atoms with Crippen LogP contribution in [0.3, 0.4) is 0 Å². The van der Waals surface area contributed by atoms with Crippen molar-refractivity contribution in [1.82, 2.24) is 5.32 Å². The van der Waals surface area contributed by atoms with E-state index in [1.807, 2.05) is 0 Å². The molecule has 2 aliphatic heterocycles. The quantitative estimate of drug-likeness (QED) is 0.801. The van der Waals surface area contributed by atoms with E-state index in [1.54, 1.807) is 29.2 Å². The highest BCUT2D eigenvalue weighted by molar-refractivity contribution is 6.19. The van der Waals surface area contributed by atoms with E-state index >= 15 is 0 Å². The molecule has 0 saturated carbocycles. The number of nitrogens with zero attached hydrogens (tertiary/aromatic N) is 2. The molecule has 2 fully saturated rings. The van der Waals surface area contributed by atoms with E-state index < -0.39 is 0 Å². The molecule has 3 rings (SSSR count). The van der Waals surface area contributed by atoms with Crippen LogP contribution in [0.5, 0.6) is 0 Å². The summed E-state index contributed by atoms with van der Waals surface area (Å²) >= 11 is 0. The predicted molar refractivity (Wildman–Crippen MR) is 68.9 cm³/mol. The van der Waals surface area contributed by atoms with Crippen LogP contribution >= 0.6 is 0 Å². The van der Waals surface area contributed by atoms with Crippen molar-refractivity contribution < 1.29 is 14.4 Å². The van der Waals surface area contributed by atoms with E-state index in [1.165, 1.54) is 4.90 Å². The van der Waals surface area contributed by atoms with Gasteiger partial charge in [-0.2, -0.15) is 0 Å². The molecule has 1 aromatic rings. The lowest BCUT2D eigenvalue weighted by Gasteiger charge is -2.17. The molecule has 1 aromatic carbocycles. The van der Waals surface area contributed by atoms with Gasteiger partial charge in [0, 0.05) is 31.6 Å². The number of carbonyl (C=O) groups is 3. The molecule has 4 amide bonds. The zero-order chi connectivity index (χ0) is 13.4. The van der Waals surface area contributed by atoms with Crippen LogP contribution in [0.1, 0.15) is 12.8 Å². The van der Waals surface area contributed by atoms with Gasteiger partial charge in [-0.3, -0.25) is 19.4 Å². The minimum absolute atomic E-state index is 0.124.